The van der Waals surface area contributed by atoms with Gasteiger partial charge in [-0.25, -0.2) is 13.2 Å². The van der Waals surface area contributed by atoms with Gasteiger partial charge in [0.1, 0.15) is 0 Å². The Hall–Kier alpha value is -2.91. The van der Waals surface area contributed by atoms with Crippen molar-refractivity contribution in [2.24, 2.45) is 0 Å². The van der Waals surface area contributed by atoms with Gasteiger partial charge in [0.15, 0.2) is 0 Å². The highest BCUT2D eigenvalue weighted by Gasteiger charge is 2.34. The largest absolute Gasteiger partial charge is 0.336 e. The fourth-order valence-corrected chi connectivity index (χ4v) is 5.80. The number of nitrogens with one attached hydrogen (secondary N) is 3. The minimum atomic E-state index is -3.72. The van der Waals surface area contributed by atoms with Crippen LogP contribution in [0.1, 0.15) is 31.2 Å². The van der Waals surface area contributed by atoms with Gasteiger partial charge in [-0.3, -0.25) is 4.79 Å². The number of aryl methyl sites for hydroxylation is 1. The molecule has 2 heterocycles. The van der Waals surface area contributed by atoms with Crippen molar-refractivity contribution >= 4 is 33.3 Å². The number of rotatable bonds is 5. The molecule has 8 nitrogen and oxygen atoms in total. The number of anilines is 2. The topological polar surface area (TPSA) is 108 Å². The van der Waals surface area contributed by atoms with Crippen LogP contribution in [-0.4, -0.2) is 43.8 Å². The summed E-state index contributed by atoms with van der Waals surface area (Å²) >= 11 is 0. The lowest BCUT2D eigenvalue weighted by molar-refractivity contribution is -0.116. The molecule has 0 aromatic heterocycles. The van der Waals surface area contributed by atoms with Crippen LogP contribution >= 0.6 is 0 Å². The van der Waals surface area contributed by atoms with E-state index < -0.39 is 10.0 Å². The Bertz CT molecular complexity index is 1070. The third kappa shape index (κ3) is 4.88. The maximum absolute atomic E-state index is 13.4. The van der Waals surface area contributed by atoms with E-state index in [0.717, 1.165) is 18.4 Å². The van der Waals surface area contributed by atoms with Gasteiger partial charge in [0.2, 0.25) is 15.9 Å². The molecule has 1 unspecified atom stereocenters. The van der Waals surface area contributed by atoms with Crippen molar-refractivity contribution in [3.8, 4) is 0 Å². The summed E-state index contributed by atoms with van der Waals surface area (Å²) < 4.78 is 28.3. The van der Waals surface area contributed by atoms with E-state index in [0.29, 0.717) is 37.2 Å². The minimum absolute atomic E-state index is 0.0564. The van der Waals surface area contributed by atoms with Crippen LogP contribution in [0, 0.1) is 0 Å². The quantitative estimate of drug-likeness (QED) is 0.662. The Balaban J connectivity index is 1.46. The van der Waals surface area contributed by atoms with E-state index in [2.05, 4.69) is 16.0 Å². The standard InChI is InChI=1S/C22H26N4O4S/c27-21-12-9-16-14-19(10-11-20(16)25-21)31(29,30)26-13-5-4-8-18(26)15-23-22(28)24-17-6-2-1-3-7-17/h1-3,6-7,10-11,14,18H,4-5,8-9,12-13,15H2,(H,25,27)(H2,23,24,28). The van der Waals surface area contributed by atoms with Gasteiger partial charge in [-0.1, -0.05) is 24.6 Å². The number of nitrogens with zero attached hydrogens (tertiary/aromatic N) is 1. The number of fused-ring (bicyclic) bond motifs is 1. The number of para-hydroxylation sites is 1. The van der Waals surface area contributed by atoms with E-state index in [1.54, 1.807) is 30.3 Å². The van der Waals surface area contributed by atoms with Crippen LogP contribution in [0.5, 0.6) is 0 Å². The van der Waals surface area contributed by atoms with Gasteiger partial charge in [0.25, 0.3) is 0 Å². The Morgan fingerprint density at radius 1 is 1.10 bits per heavy atom. The predicted molar refractivity (Wildman–Crippen MR) is 118 cm³/mol. The molecular formula is C22H26N4O4S. The molecule has 164 valence electrons. The van der Waals surface area contributed by atoms with Gasteiger partial charge in [-0.05, 0) is 55.2 Å². The summed E-state index contributed by atoms with van der Waals surface area (Å²) in [6.45, 7) is 0.654. The van der Waals surface area contributed by atoms with Crippen molar-refractivity contribution < 1.29 is 18.0 Å². The summed E-state index contributed by atoms with van der Waals surface area (Å²) in [5.74, 6) is -0.0564. The van der Waals surface area contributed by atoms with E-state index in [4.69, 9.17) is 0 Å². The predicted octanol–water partition coefficient (Wildman–Crippen LogP) is 2.94. The number of hydrogen-bond donors (Lipinski definition) is 3. The first kappa shape index (κ1) is 21.3. The van der Waals surface area contributed by atoms with Crippen LogP contribution in [0.3, 0.4) is 0 Å². The highest BCUT2D eigenvalue weighted by Crippen LogP contribution is 2.30. The van der Waals surface area contributed by atoms with Gasteiger partial charge in [0.05, 0.1) is 4.90 Å². The molecule has 1 saturated heterocycles. The summed E-state index contributed by atoms with van der Waals surface area (Å²) in [5.41, 5.74) is 2.17. The van der Waals surface area contributed by atoms with Gasteiger partial charge in [-0.15, -0.1) is 0 Å². The van der Waals surface area contributed by atoms with E-state index in [1.807, 2.05) is 18.2 Å². The number of piperidine rings is 1. The fourth-order valence-electron chi connectivity index (χ4n) is 4.06. The number of carbonyl (C=O) groups is 2. The average Bonchev–Trinajstić information content (AvgIpc) is 2.78. The lowest BCUT2D eigenvalue weighted by Gasteiger charge is -2.35. The Kier molecular flexibility index (Phi) is 6.24. The van der Waals surface area contributed by atoms with Crippen molar-refractivity contribution in [3.63, 3.8) is 0 Å². The summed E-state index contributed by atoms with van der Waals surface area (Å²) in [6, 6.07) is 13.3. The van der Waals surface area contributed by atoms with Crippen molar-refractivity contribution in [1.29, 1.82) is 0 Å². The zero-order chi connectivity index (χ0) is 21.8. The van der Waals surface area contributed by atoms with Gasteiger partial charge >= 0.3 is 6.03 Å². The fraction of sp³-hybridized carbons (Fsp3) is 0.364. The number of benzene rings is 2. The molecule has 3 amide bonds. The molecule has 2 aliphatic heterocycles. The molecule has 9 heteroatoms. The minimum Gasteiger partial charge on any atom is -0.336 e. The van der Waals surface area contributed by atoms with Gasteiger partial charge in [-0.2, -0.15) is 4.31 Å². The first-order chi connectivity index (χ1) is 14.9. The summed E-state index contributed by atoms with van der Waals surface area (Å²) in [7, 11) is -3.72. The summed E-state index contributed by atoms with van der Waals surface area (Å²) in [5, 5.41) is 8.34. The average molecular weight is 443 g/mol. The molecule has 0 aliphatic carbocycles. The van der Waals surface area contributed by atoms with Gasteiger partial charge < -0.3 is 16.0 Å². The smallest absolute Gasteiger partial charge is 0.319 e. The number of hydrogen-bond acceptors (Lipinski definition) is 4. The third-order valence-corrected chi connectivity index (χ3v) is 7.63. The van der Waals surface area contributed by atoms with Crippen molar-refractivity contribution in [2.75, 3.05) is 23.7 Å². The Morgan fingerprint density at radius 2 is 1.90 bits per heavy atom. The van der Waals surface area contributed by atoms with E-state index >= 15 is 0 Å². The third-order valence-electron chi connectivity index (χ3n) is 5.68. The molecule has 0 spiro atoms. The van der Waals surface area contributed by atoms with Crippen molar-refractivity contribution in [2.45, 2.75) is 43.0 Å². The van der Waals surface area contributed by atoms with Crippen LogP contribution in [0.2, 0.25) is 0 Å². The second kappa shape index (κ2) is 9.07. The lowest BCUT2D eigenvalue weighted by atomic mass is 10.0. The first-order valence-corrected chi connectivity index (χ1v) is 11.9. The lowest BCUT2D eigenvalue weighted by Crippen LogP contribution is -2.49. The second-order valence-electron chi connectivity index (χ2n) is 7.83. The van der Waals surface area contributed by atoms with E-state index in [1.165, 1.54) is 4.31 Å². The Morgan fingerprint density at radius 3 is 2.71 bits per heavy atom. The number of sulfonamides is 1. The van der Waals surface area contributed by atoms with Crippen LogP contribution in [0.25, 0.3) is 0 Å². The highest BCUT2D eigenvalue weighted by atomic mass is 32.2. The molecule has 2 aromatic carbocycles. The maximum Gasteiger partial charge on any atom is 0.319 e. The molecule has 1 atom stereocenters. The van der Waals surface area contributed by atoms with Crippen LogP contribution in [0.4, 0.5) is 16.2 Å². The number of urea groups is 1. The molecule has 2 aromatic rings. The summed E-state index contributed by atoms with van der Waals surface area (Å²) in [6.07, 6.45) is 3.26. The molecule has 0 radical (unpaired) electrons. The number of amides is 3. The van der Waals surface area contributed by atoms with E-state index in [9.17, 15) is 18.0 Å². The summed E-state index contributed by atoms with van der Waals surface area (Å²) in [4.78, 5) is 24.0. The van der Waals surface area contributed by atoms with Crippen LogP contribution < -0.4 is 16.0 Å². The SMILES string of the molecule is O=C1CCc2cc(S(=O)(=O)N3CCCCC3CNC(=O)Nc3ccccc3)ccc2N1. The molecular weight excluding hydrogens is 416 g/mol. The molecule has 0 saturated carbocycles. The molecule has 3 N–H and O–H groups in total. The van der Waals surface area contributed by atoms with Gasteiger partial charge in [0, 0.05) is 36.9 Å². The Labute approximate surface area is 182 Å². The molecule has 1 fully saturated rings. The molecule has 4 rings (SSSR count). The van der Waals surface area contributed by atoms with E-state index in [-0.39, 0.29) is 29.4 Å². The highest BCUT2D eigenvalue weighted by molar-refractivity contribution is 7.89. The molecule has 0 bridgehead atoms. The van der Waals surface area contributed by atoms with Crippen molar-refractivity contribution in [1.82, 2.24) is 9.62 Å². The van der Waals surface area contributed by atoms with Crippen LogP contribution in [0.15, 0.2) is 53.4 Å². The zero-order valence-corrected chi connectivity index (χ0v) is 18.0. The number of carbonyl (C=O) groups excluding carboxylic acids is 2. The van der Waals surface area contributed by atoms with Crippen LogP contribution in [-0.2, 0) is 21.2 Å². The molecule has 2 aliphatic rings. The first-order valence-electron chi connectivity index (χ1n) is 10.5. The zero-order valence-electron chi connectivity index (χ0n) is 17.1. The monoisotopic (exact) mass is 442 g/mol. The second-order valence-corrected chi connectivity index (χ2v) is 9.72. The normalized spacial score (nSPS) is 19.2. The molecule has 31 heavy (non-hydrogen) atoms. The maximum atomic E-state index is 13.4. The van der Waals surface area contributed by atoms with Crippen molar-refractivity contribution in [3.05, 3.63) is 54.1 Å².